The zero-order valence-corrected chi connectivity index (χ0v) is 21.4. The molecule has 0 fully saturated rings. The van der Waals surface area contributed by atoms with E-state index in [0.29, 0.717) is 11.3 Å². The Kier molecular flexibility index (Phi) is 6.41. The standard InChI is InChI=1S/C29H46/c1-26(2,3)22-14-20(15-23(18-22)27(4,5)6)13-21-16-24(28(7,8)9)19-25(17-21)29(10,11)12/h14-16,18-19,25H,13,17H2,1-12H3. The minimum atomic E-state index is 0.168. The molecule has 0 aliphatic heterocycles. The summed E-state index contributed by atoms with van der Waals surface area (Å²) in [5, 5.41) is 0. The second kappa shape index (κ2) is 7.75. The van der Waals surface area contributed by atoms with Crippen molar-refractivity contribution < 1.29 is 0 Å². The van der Waals surface area contributed by atoms with E-state index >= 15 is 0 Å². The van der Waals surface area contributed by atoms with Crippen molar-refractivity contribution in [2.45, 2.75) is 107 Å². The number of allylic oxidation sites excluding steroid dienone is 4. The molecule has 0 radical (unpaired) electrons. The van der Waals surface area contributed by atoms with E-state index in [-0.39, 0.29) is 16.2 Å². The van der Waals surface area contributed by atoms with E-state index in [1.54, 1.807) is 5.57 Å². The molecular weight excluding hydrogens is 348 g/mol. The molecule has 0 nitrogen and oxygen atoms in total. The van der Waals surface area contributed by atoms with Crippen molar-refractivity contribution in [1.29, 1.82) is 0 Å². The van der Waals surface area contributed by atoms with Crippen LogP contribution in [0.5, 0.6) is 0 Å². The number of benzene rings is 1. The zero-order chi connectivity index (χ0) is 22.4. The first-order valence-corrected chi connectivity index (χ1v) is 11.4. The summed E-state index contributed by atoms with van der Waals surface area (Å²) in [7, 11) is 0. The molecule has 1 aromatic carbocycles. The molecule has 1 aliphatic rings. The third kappa shape index (κ3) is 6.34. The van der Waals surface area contributed by atoms with Gasteiger partial charge in [-0.1, -0.05) is 119 Å². The third-order valence-electron chi connectivity index (χ3n) is 6.36. The highest BCUT2D eigenvalue weighted by Crippen LogP contribution is 2.42. The minimum absolute atomic E-state index is 0.168. The fourth-order valence-electron chi connectivity index (χ4n) is 3.95. The summed E-state index contributed by atoms with van der Waals surface area (Å²) >= 11 is 0. The number of hydrogen-bond acceptors (Lipinski definition) is 0. The summed E-state index contributed by atoms with van der Waals surface area (Å²) in [5.74, 6) is 0.601. The van der Waals surface area contributed by atoms with Crippen LogP contribution in [0.4, 0.5) is 0 Å². The van der Waals surface area contributed by atoms with Gasteiger partial charge in [0.1, 0.15) is 0 Å². The predicted molar refractivity (Wildman–Crippen MR) is 131 cm³/mol. The van der Waals surface area contributed by atoms with Crippen LogP contribution in [0.25, 0.3) is 0 Å². The topological polar surface area (TPSA) is 0 Å². The van der Waals surface area contributed by atoms with Gasteiger partial charge in [0.2, 0.25) is 0 Å². The summed E-state index contributed by atoms with van der Waals surface area (Å²) in [5.41, 5.74) is 8.29. The number of rotatable bonds is 2. The van der Waals surface area contributed by atoms with Crippen LogP contribution in [0, 0.1) is 16.7 Å². The highest BCUT2D eigenvalue weighted by atomic mass is 14.3. The van der Waals surface area contributed by atoms with E-state index in [2.05, 4.69) is 113 Å². The van der Waals surface area contributed by atoms with Crippen LogP contribution < -0.4 is 0 Å². The molecule has 2 rings (SSSR count). The van der Waals surface area contributed by atoms with Crippen LogP contribution in [-0.4, -0.2) is 0 Å². The SMILES string of the molecule is CC(C)(C)C1=CC(C(C)(C)C)CC(Cc2cc(C(C)(C)C)cc(C(C)(C)C)c2)=C1. The Morgan fingerprint density at radius 1 is 0.690 bits per heavy atom. The maximum Gasteiger partial charge on any atom is -0.00635 e. The monoisotopic (exact) mass is 394 g/mol. The van der Waals surface area contributed by atoms with Gasteiger partial charge in [-0.3, -0.25) is 0 Å². The van der Waals surface area contributed by atoms with E-state index < -0.39 is 0 Å². The highest BCUT2D eigenvalue weighted by molar-refractivity contribution is 5.41. The van der Waals surface area contributed by atoms with Gasteiger partial charge >= 0.3 is 0 Å². The van der Waals surface area contributed by atoms with Gasteiger partial charge in [-0.2, -0.15) is 0 Å². The fraction of sp³-hybridized carbons (Fsp3) is 0.655. The summed E-state index contributed by atoms with van der Waals surface area (Å²) in [6.45, 7) is 28.1. The Morgan fingerprint density at radius 3 is 1.55 bits per heavy atom. The van der Waals surface area contributed by atoms with Gasteiger partial charge in [-0.25, -0.2) is 0 Å². The molecule has 0 N–H and O–H groups in total. The van der Waals surface area contributed by atoms with Crippen molar-refractivity contribution in [3.8, 4) is 0 Å². The van der Waals surface area contributed by atoms with Gasteiger partial charge in [-0.15, -0.1) is 0 Å². The molecule has 0 aromatic heterocycles. The molecule has 0 saturated heterocycles. The largest absolute Gasteiger partial charge is 0.0768 e. The van der Waals surface area contributed by atoms with Crippen molar-refractivity contribution in [3.05, 3.63) is 58.2 Å². The lowest BCUT2D eigenvalue weighted by Crippen LogP contribution is -2.24. The van der Waals surface area contributed by atoms with Crippen LogP contribution in [0.2, 0.25) is 0 Å². The van der Waals surface area contributed by atoms with Gasteiger partial charge in [0.25, 0.3) is 0 Å². The predicted octanol–water partition coefficient (Wildman–Crippen LogP) is 8.79. The van der Waals surface area contributed by atoms with E-state index in [0.717, 1.165) is 6.42 Å². The first-order valence-electron chi connectivity index (χ1n) is 11.4. The molecule has 1 unspecified atom stereocenters. The van der Waals surface area contributed by atoms with Crippen LogP contribution in [0.15, 0.2) is 41.5 Å². The lowest BCUT2D eigenvalue weighted by atomic mass is 9.69. The lowest BCUT2D eigenvalue weighted by Gasteiger charge is -2.36. The highest BCUT2D eigenvalue weighted by Gasteiger charge is 2.30. The zero-order valence-electron chi connectivity index (χ0n) is 21.4. The molecule has 29 heavy (non-hydrogen) atoms. The molecule has 1 aliphatic carbocycles. The van der Waals surface area contributed by atoms with Crippen molar-refractivity contribution in [2.24, 2.45) is 16.7 Å². The molecule has 0 heterocycles. The summed E-state index contributed by atoms with van der Waals surface area (Å²) in [6.07, 6.45) is 7.29. The molecule has 1 aromatic rings. The van der Waals surface area contributed by atoms with Gasteiger partial charge in [0.15, 0.2) is 0 Å². The van der Waals surface area contributed by atoms with Crippen LogP contribution in [-0.2, 0) is 17.3 Å². The Labute approximate surface area is 181 Å². The normalized spacial score (nSPS) is 19.1. The molecular formula is C29H46. The molecule has 0 saturated carbocycles. The first-order chi connectivity index (χ1) is 12.9. The fourth-order valence-corrected chi connectivity index (χ4v) is 3.95. The van der Waals surface area contributed by atoms with Gasteiger partial charge in [-0.05, 0) is 62.7 Å². The average Bonchev–Trinajstić information content (AvgIpc) is 2.51. The van der Waals surface area contributed by atoms with E-state index in [1.807, 2.05) is 0 Å². The van der Waals surface area contributed by atoms with E-state index in [1.165, 1.54) is 28.7 Å². The van der Waals surface area contributed by atoms with Crippen LogP contribution in [0.1, 0.15) is 106 Å². The Hall–Kier alpha value is -1.30. The molecule has 0 spiro atoms. The smallest absolute Gasteiger partial charge is 0.00635 e. The maximum absolute atomic E-state index is 2.55. The van der Waals surface area contributed by atoms with Gasteiger partial charge in [0.05, 0.1) is 0 Å². The summed E-state index contributed by atoms with van der Waals surface area (Å²) in [6, 6.07) is 7.34. The molecule has 162 valence electrons. The Morgan fingerprint density at radius 2 is 1.17 bits per heavy atom. The summed E-state index contributed by atoms with van der Waals surface area (Å²) < 4.78 is 0. The first kappa shape index (κ1) is 24.0. The molecule has 0 bridgehead atoms. The second-order valence-corrected chi connectivity index (χ2v) is 13.4. The molecule has 1 atom stereocenters. The quantitative estimate of drug-likeness (QED) is 0.470. The Bertz CT molecular complexity index is 754. The van der Waals surface area contributed by atoms with Gasteiger partial charge in [0, 0.05) is 0 Å². The second-order valence-electron chi connectivity index (χ2n) is 13.4. The van der Waals surface area contributed by atoms with Crippen LogP contribution >= 0.6 is 0 Å². The van der Waals surface area contributed by atoms with Crippen molar-refractivity contribution in [2.75, 3.05) is 0 Å². The van der Waals surface area contributed by atoms with Crippen molar-refractivity contribution in [1.82, 2.24) is 0 Å². The van der Waals surface area contributed by atoms with E-state index in [9.17, 15) is 0 Å². The summed E-state index contributed by atoms with van der Waals surface area (Å²) in [4.78, 5) is 0. The average molecular weight is 395 g/mol. The third-order valence-corrected chi connectivity index (χ3v) is 6.36. The lowest BCUT2D eigenvalue weighted by molar-refractivity contribution is 0.283. The minimum Gasteiger partial charge on any atom is -0.0768 e. The maximum atomic E-state index is 2.55. The number of hydrogen-bond donors (Lipinski definition) is 0. The van der Waals surface area contributed by atoms with E-state index in [4.69, 9.17) is 0 Å². The van der Waals surface area contributed by atoms with Crippen LogP contribution in [0.3, 0.4) is 0 Å². The van der Waals surface area contributed by atoms with Crippen molar-refractivity contribution in [3.63, 3.8) is 0 Å². The van der Waals surface area contributed by atoms with Crippen molar-refractivity contribution >= 4 is 0 Å². The molecule has 0 amide bonds. The Balaban J connectivity index is 2.49. The van der Waals surface area contributed by atoms with Gasteiger partial charge < -0.3 is 0 Å². The molecule has 0 heteroatoms.